The number of aldehydes is 1. The lowest BCUT2D eigenvalue weighted by Crippen LogP contribution is -2.06. The Kier molecular flexibility index (Phi) is 3.47. The maximum Gasteiger partial charge on any atom is 0.337 e. The van der Waals surface area contributed by atoms with Crippen LogP contribution in [0.5, 0.6) is 0 Å². The van der Waals surface area contributed by atoms with E-state index in [2.05, 4.69) is 4.98 Å². The number of benzene rings is 2. The molecule has 0 atom stereocenters. The molecule has 1 N–H and O–H groups in total. The van der Waals surface area contributed by atoms with Crippen LogP contribution in [0.25, 0.3) is 22.4 Å². The lowest BCUT2D eigenvalue weighted by molar-refractivity contribution is -0.108. The Morgan fingerprint density at radius 1 is 1.23 bits per heavy atom. The highest BCUT2D eigenvalue weighted by molar-refractivity contribution is 6.03. The van der Waals surface area contributed by atoms with Gasteiger partial charge in [0.15, 0.2) is 0 Å². The van der Waals surface area contributed by atoms with E-state index in [1.807, 2.05) is 37.3 Å². The Hall–Kier alpha value is -2.95. The summed E-state index contributed by atoms with van der Waals surface area (Å²) in [5.41, 5.74) is 2.97. The summed E-state index contributed by atoms with van der Waals surface area (Å²) >= 11 is 0. The fourth-order valence-corrected chi connectivity index (χ4v) is 2.60. The van der Waals surface area contributed by atoms with Crippen LogP contribution in [0.4, 0.5) is 0 Å². The molecule has 3 rings (SSSR count). The number of carboxylic acids is 1. The van der Waals surface area contributed by atoms with Crippen LogP contribution >= 0.6 is 0 Å². The summed E-state index contributed by atoms with van der Waals surface area (Å²) in [7, 11) is 0. The molecule has 0 aliphatic heterocycles. The van der Waals surface area contributed by atoms with Gasteiger partial charge in [0.2, 0.25) is 0 Å². The Morgan fingerprint density at radius 2 is 1.95 bits per heavy atom. The number of aromatic nitrogens is 2. The molecule has 0 aliphatic carbocycles. The third kappa shape index (κ3) is 2.16. The number of aromatic carboxylic acids is 1. The predicted octanol–water partition coefficient (Wildman–Crippen LogP) is 2.91. The van der Waals surface area contributed by atoms with E-state index in [-0.39, 0.29) is 12.1 Å². The molecule has 110 valence electrons. The molecule has 5 nitrogen and oxygen atoms in total. The molecule has 1 heterocycles. The number of aryl methyl sites for hydroxylation is 1. The minimum atomic E-state index is -1.03. The summed E-state index contributed by atoms with van der Waals surface area (Å²) in [6.45, 7) is 1.94. The first-order valence-corrected chi connectivity index (χ1v) is 6.85. The van der Waals surface area contributed by atoms with Gasteiger partial charge in [-0.25, -0.2) is 9.78 Å². The lowest BCUT2D eigenvalue weighted by atomic mass is 10.1. The summed E-state index contributed by atoms with van der Waals surface area (Å²) < 4.78 is 1.66. The van der Waals surface area contributed by atoms with E-state index in [1.165, 1.54) is 0 Å². The molecule has 0 amide bonds. The zero-order chi connectivity index (χ0) is 15.7. The molecular weight excluding hydrogens is 280 g/mol. The van der Waals surface area contributed by atoms with Crippen LogP contribution in [-0.2, 0) is 11.3 Å². The fraction of sp³-hybridized carbons (Fsp3) is 0.118. The molecule has 0 saturated heterocycles. The third-order valence-corrected chi connectivity index (χ3v) is 3.62. The van der Waals surface area contributed by atoms with Crippen molar-refractivity contribution in [1.82, 2.24) is 9.55 Å². The summed E-state index contributed by atoms with van der Waals surface area (Å²) in [4.78, 5) is 27.2. The van der Waals surface area contributed by atoms with Crippen LogP contribution in [0, 0.1) is 6.92 Å². The third-order valence-electron chi connectivity index (χ3n) is 3.62. The number of carbonyl (C=O) groups excluding carboxylic acids is 1. The number of hydrogen-bond acceptors (Lipinski definition) is 3. The van der Waals surface area contributed by atoms with Gasteiger partial charge in [-0.2, -0.15) is 0 Å². The smallest absolute Gasteiger partial charge is 0.337 e. The van der Waals surface area contributed by atoms with Crippen LogP contribution in [0.15, 0.2) is 42.5 Å². The van der Waals surface area contributed by atoms with Crippen LogP contribution < -0.4 is 0 Å². The average Bonchev–Trinajstić information content (AvgIpc) is 2.89. The quantitative estimate of drug-likeness (QED) is 0.751. The number of nitrogens with zero attached hydrogens (tertiary/aromatic N) is 2. The SMILES string of the molecule is Cc1ccc(C(=O)O)c2c1nc(-c1ccccc1)n2CC=O. The van der Waals surface area contributed by atoms with E-state index in [4.69, 9.17) is 0 Å². The molecule has 0 aliphatic rings. The number of carbonyl (C=O) groups is 2. The van der Waals surface area contributed by atoms with Gasteiger partial charge >= 0.3 is 5.97 Å². The number of imidazole rings is 1. The van der Waals surface area contributed by atoms with E-state index in [1.54, 1.807) is 16.7 Å². The molecule has 0 fully saturated rings. The largest absolute Gasteiger partial charge is 0.478 e. The van der Waals surface area contributed by atoms with Gasteiger partial charge in [0, 0.05) is 5.56 Å². The van der Waals surface area contributed by atoms with E-state index < -0.39 is 5.97 Å². The van der Waals surface area contributed by atoms with Crippen molar-refractivity contribution in [1.29, 1.82) is 0 Å². The molecule has 0 saturated carbocycles. The van der Waals surface area contributed by atoms with Crippen molar-refractivity contribution in [3.05, 3.63) is 53.6 Å². The highest BCUT2D eigenvalue weighted by Gasteiger charge is 2.19. The van der Waals surface area contributed by atoms with Crippen molar-refractivity contribution in [2.45, 2.75) is 13.5 Å². The number of rotatable bonds is 4. The zero-order valence-corrected chi connectivity index (χ0v) is 12.0. The van der Waals surface area contributed by atoms with Gasteiger partial charge in [-0.05, 0) is 18.6 Å². The monoisotopic (exact) mass is 294 g/mol. The van der Waals surface area contributed by atoms with Crippen LogP contribution in [0.2, 0.25) is 0 Å². The van der Waals surface area contributed by atoms with Gasteiger partial charge in [0.1, 0.15) is 12.1 Å². The summed E-state index contributed by atoms with van der Waals surface area (Å²) in [6.07, 6.45) is 0.752. The minimum Gasteiger partial charge on any atom is -0.478 e. The molecule has 3 aromatic rings. The Balaban J connectivity index is 2.41. The van der Waals surface area contributed by atoms with Crippen LogP contribution in [0.3, 0.4) is 0 Å². The second kappa shape index (κ2) is 5.44. The number of fused-ring (bicyclic) bond motifs is 1. The van der Waals surface area contributed by atoms with Crippen molar-refractivity contribution in [3.8, 4) is 11.4 Å². The molecule has 1 aromatic heterocycles. The highest BCUT2D eigenvalue weighted by atomic mass is 16.4. The molecule has 0 radical (unpaired) electrons. The predicted molar refractivity (Wildman–Crippen MR) is 82.9 cm³/mol. The van der Waals surface area contributed by atoms with Crippen molar-refractivity contribution >= 4 is 23.3 Å². The van der Waals surface area contributed by atoms with Crippen LogP contribution in [-0.4, -0.2) is 26.9 Å². The molecule has 2 aromatic carbocycles. The highest BCUT2D eigenvalue weighted by Crippen LogP contribution is 2.29. The first-order chi connectivity index (χ1) is 10.6. The lowest BCUT2D eigenvalue weighted by Gasteiger charge is -2.07. The van der Waals surface area contributed by atoms with E-state index in [9.17, 15) is 14.7 Å². The number of hydrogen-bond donors (Lipinski definition) is 1. The zero-order valence-electron chi connectivity index (χ0n) is 12.0. The molecule has 0 spiro atoms. The topological polar surface area (TPSA) is 72.2 Å². The van der Waals surface area contributed by atoms with Crippen LogP contribution in [0.1, 0.15) is 15.9 Å². The number of carboxylic acid groups (broad SMARTS) is 1. The van der Waals surface area contributed by atoms with Crippen molar-refractivity contribution in [2.75, 3.05) is 0 Å². The van der Waals surface area contributed by atoms with Gasteiger partial charge in [0.25, 0.3) is 0 Å². The summed E-state index contributed by atoms with van der Waals surface area (Å²) in [5, 5.41) is 9.42. The first kappa shape index (κ1) is 14.0. The van der Waals surface area contributed by atoms with Crippen molar-refractivity contribution in [3.63, 3.8) is 0 Å². The maximum atomic E-state index is 11.5. The Bertz CT molecular complexity index is 866. The summed E-state index contributed by atoms with van der Waals surface area (Å²) in [6, 6.07) is 12.7. The van der Waals surface area contributed by atoms with Gasteiger partial charge in [0.05, 0.1) is 23.1 Å². The van der Waals surface area contributed by atoms with Gasteiger partial charge in [-0.15, -0.1) is 0 Å². The van der Waals surface area contributed by atoms with Crippen molar-refractivity contribution < 1.29 is 14.7 Å². The summed E-state index contributed by atoms with van der Waals surface area (Å²) in [5.74, 6) is -0.434. The van der Waals surface area contributed by atoms with Gasteiger partial charge in [-0.3, -0.25) is 0 Å². The van der Waals surface area contributed by atoms with E-state index >= 15 is 0 Å². The molecule has 5 heteroatoms. The second-order valence-corrected chi connectivity index (χ2v) is 5.01. The first-order valence-electron chi connectivity index (χ1n) is 6.85. The van der Waals surface area contributed by atoms with E-state index in [0.717, 1.165) is 17.4 Å². The molecule has 22 heavy (non-hydrogen) atoms. The van der Waals surface area contributed by atoms with Gasteiger partial charge in [-0.1, -0.05) is 36.4 Å². The maximum absolute atomic E-state index is 11.5. The molecular formula is C17H14N2O3. The Morgan fingerprint density at radius 3 is 2.59 bits per heavy atom. The average molecular weight is 294 g/mol. The molecule has 0 unspecified atom stereocenters. The minimum absolute atomic E-state index is 0.0600. The standard InChI is InChI=1S/C17H14N2O3/c1-11-7-8-13(17(21)22)15-14(11)18-16(19(15)9-10-20)12-5-3-2-4-6-12/h2-8,10H,9H2,1H3,(H,21,22). The Labute approximate surface area is 126 Å². The van der Waals surface area contributed by atoms with Crippen molar-refractivity contribution in [2.24, 2.45) is 0 Å². The van der Waals surface area contributed by atoms with E-state index in [0.29, 0.717) is 16.9 Å². The normalized spacial score (nSPS) is 10.8. The molecule has 0 bridgehead atoms. The second-order valence-electron chi connectivity index (χ2n) is 5.01. The fourth-order valence-electron chi connectivity index (χ4n) is 2.60. The van der Waals surface area contributed by atoms with Gasteiger partial charge < -0.3 is 14.5 Å².